The van der Waals surface area contributed by atoms with E-state index in [2.05, 4.69) is 29.6 Å². The summed E-state index contributed by atoms with van der Waals surface area (Å²) in [7, 11) is 3.28. The minimum absolute atomic E-state index is 0.202. The quantitative estimate of drug-likeness (QED) is 0.725. The van der Waals surface area contributed by atoms with Gasteiger partial charge >= 0.3 is 0 Å². The Balaban J connectivity index is 1.49. The van der Waals surface area contributed by atoms with E-state index in [1.165, 1.54) is 0 Å². The lowest BCUT2D eigenvalue weighted by molar-refractivity contribution is -0.122. The third-order valence-corrected chi connectivity index (χ3v) is 5.96. The van der Waals surface area contributed by atoms with Gasteiger partial charge in [0.1, 0.15) is 0 Å². The smallest absolute Gasteiger partial charge is 0.223 e. The van der Waals surface area contributed by atoms with Crippen LogP contribution in [0.5, 0.6) is 11.5 Å². The lowest BCUT2D eigenvalue weighted by Crippen LogP contribution is -2.28. The highest BCUT2D eigenvalue weighted by molar-refractivity contribution is 5.82. The molecule has 0 bridgehead atoms. The third kappa shape index (κ3) is 5.40. The first kappa shape index (κ1) is 20.5. The molecule has 0 saturated heterocycles. The number of hydrogen-bond donors (Lipinski definition) is 1. The van der Waals surface area contributed by atoms with Gasteiger partial charge in [0.25, 0.3) is 0 Å². The molecule has 152 valence electrons. The number of carbonyl (C=O) groups excluding carboxylic acids is 1. The Hall–Kier alpha value is -2.23. The molecule has 1 fully saturated rings. The molecule has 2 aliphatic rings. The molecular weight excluding hydrogens is 350 g/mol. The van der Waals surface area contributed by atoms with E-state index in [9.17, 15) is 4.79 Å². The number of fused-ring (bicyclic) bond motifs is 1. The van der Waals surface area contributed by atoms with Crippen LogP contribution < -0.4 is 14.8 Å². The normalized spacial score (nSPS) is 26.7. The number of ether oxygens (including phenoxy) is 2. The van der Waals surface area contributed by atoms with E-state index in [4.69, 9.17) is 9.47 Å². The van der Waals surface area contributed by atoms with Gasteiger partial charge in [0, 0.05) is 12.5 Å². The molecular formula is C24H33NO3. The molecule has 1 saturated carbocycles. The maximum absolute atomic E-state index is 12.7. The minimum atomic E-state index is 0.202. The molecule has 1 unspecified atom stereocenters. The van der Waals surface area contributed by atoms with Gasteiger partial charge in [-0.2, -0.15) is 0 Å². The van der Waals surface area contributed by atoms with Crippen molar-refractivity contribution in [2.45, 2.75) is 44.9 Å². The standard InChI is InChI=1S/C24H33NO3/c1-27-21-14-13-18(17-22(21)28-2)15-16-25-24(26)23-19-11-9-7-5-3-4-6-8-10-12-20(19)23/h5-8,13-14,17,19-20,23H,3-4,9-12,15-16H2,1-2H3,(H,25,26)/b7-5-,8-6+/t19-,20-,23?/m1/s1. The van der Waals surface area contributed by atoms with E-state index in [0.717, 1.165) is 62.0 Å². The molecule has 4 nitrogen and oxygen atoms in total. The van der Waals surface area contributed by atoms with Crippen molar-refractivity contribution >= 4 is 5.91 Å². The van der Waals surface area contributed by atoms with Gasteiger partial charge in [-0.3, -0.25) is 4.79 Å². The molecule has 1 aromatic carbocycles. The Morgan fingerprint density at radius 3 is 2.14 bits per heavy atom. The van der Waals surface area contributed by atoms with Gasteiger partial charge in [-0.25, -0.2) is 0 Å². The molecule has 1 N–H and O–H groups in total. The summed E-state index contributed by atoms with van der Waals surface area (Å²) >= 11 is 0. The number of methoxy groups -OCH3 is 2. The lowest BCUT2D eigenvalue weighted by Gasteiger charge is -2.10. The second-order valence-corrected chi connectivity index (χ2v) is 7.76. The zero-order valence-corrected chi connectivity index (χ0v) is 17.2. The van der Waals surface area contributed by atoms with Gasteiger partial charge < -0.3 is 14.8 Å². The van der Waals surface area contributed by atoms with Crippen molar-refractivity contribution in [1.82, 2.24) is 5.32 Å². The molecule has 28 heavy (non-hydrogen) atoms. The summed E-state index contributed by atoms with van der Waals surface area (Å²) in [6.45, 7) is 0.657. The molecule has 3 atom stereocenters. The summed E-state index contributed by atoms with van der Waals surface area (Å²) in [5, 5.41) is 3.17. The molecule has 0 radical (unpaired) electrons. The Bertz CT molecular complexity index is 686. The van der Waals surface area contributed by atoms with Gasteiger partial charge in [-0.1, -0.05) is 30.4 Å². The third-order valence-electron chi connectivity index (χ3n) is 5.96. The number of rotatable bonds is 6. The summed E-state index contributed by atoms with van der Waals surface area (Å²) in [5.41, 5.74) is 1.13. The number of hydrogen-bond acceptors (Lipinski definition) is 3. The summed E-state index contributed by atoms with van der Waals surface area (Å²) in [6, 6.07) is 5.92. The molecule has 0 aromatic heterocycles. The van der Waals surface area contributed by atoms with Crippen LogP contribution in [-0.4, -0.2) is 26.7 Å². The first-order valence-electron chi connectivity index (χ1n) is 10.5. The van der Waals surface area contributed by atoms with Crippen molar-refractivity contribution in [1.29, 1.82) is 0 Å². The van der Waals surface area contributed by atoms with Crippen molar-refractivity contribution in [3.8, 4) is 11.5 Å². The van der Waals surface area contributed by atoms with Crippen LogP contribution in [-0.2, 0) is 11.2 Å². The Morgan fingerprint density at radius 1 is 0.929 bits per heavy atom. The van der Waals surface area contributed by atoms with Crippen LogP contribution in [0.3, 0.4) is 0 Å². The molecule has 1 amide bonds. The van der Waals surface area contributed by atoms with Crippen molar-refractivity contribution in [2.75, 3.05) is 20.8 Å². The first-order chi connectivity index (χ1) is 13.7. The van der Waals surface area contributed by atoms with Crippen LogP contribution in [0.4, 0.5) is 0 Å². The second-order valence-electron chi connectivity index (χ2n) is 7.76. The number of benzene rings is 1. The van der Waals surface area contributed by atoms with E-state index in [1.807, 2.05) is 18.2 Å². The van der Waals surface area contributed by atoms with Crippen LogP contribution in [0.2, 0.25) is 0 Å². The monoisotopic (exact) mass is 383 g/mol. The molecule has 0 spiro atoms. The highest BCUT2D eigenvalue weighted by atomic mass is 16.5. The van der Waals surface area contributed by atoms with E-state index in [1.54, 1.807) is 14.2 Å². The molecule has 3 rings (SSSR count). The number of carbonyl (C=O) groups is 1. The summed E-state index contributed by atoms with van der Waals surface area (Å²) in [4.78, 5) is 12.7. The molecule has 4 heteroatoms. The zero-order chi connectivity index (χ0) is 19.8. The highest BCUT2D eigenvalue weighted by Gasteiger charge is 2.52. The van der Waals surface area contributed by atoms with Crippen molar-refractivity contribution in [2.24, 2.45) is 17.8 Å². The average Bonchev–Trinajstić information content (AvgIpc) is 3.40. The summed E-state index contributed by atoms with van der Waals surface area (Å²) < 4.78 is 10.6. The Morgan fingerprint density at radius 2 is 1.54 bits per heavy atom. The van der Waals surface area contributed by atoms with E-state index >= 15 is 0 Å². The second kappa shape index (κ2) is 10.4. The van der Waals surface area contributed by atoms with Gasteiger partial charge in [0.15, 0.2) is 11.5 Å². The van der Waals surface area contributed by atoms with Gasteiger partial charge in [0.2, 0.25) is 5.91 Å². The zero-order valence-electron chi connectivity index (χ0n) is 17.2. The lowest BCUT2D eigenvalue weighted by atomic mass is 10.1. The fourth-order valence-corrected chi connectivity index (χ4v) is 4.35. The van der Waals surface area contributed by atoms with Crippen molar-refractivity contribution in [3.05, 3.63) is 48.1 Å². The molecule has 2 aliphatic carbocycles. The number of allylic oxidation sites excluding steroid dienone is 4. The summed E-state index contributed by atoms with van der Waals surface area (Å²) in [5.74, 6) is 3.00. The van der Waals surface area contributed by atoms with Gasteiger partial charge in [0.05, 0.1) is 14.2 Å². The van der Waals surface area contributed by atoms with E-state index in [-0.39, 0.29) is 11.8 Å². The minimum Gasteiger partial charge on any atom is -0.493 e. The van der Waals surface area contributed by atoms with Crippen LogP contribution in [0.25, 0.3) is 0 Å². The van der Waals surface area contributed by atoms with E-state index in [0.29, 0.717) is 18.4 Å². The first-order valence-corrected chi connectivity index (χ1v) is 10.5. The maximum atomic E-state index is 12.7. The molecule has 0 aliphatic heterocycles. The highest BCUT2D eigenvalue weighted by Crippen LogP contribution is 2.52. The van der Waals surface area contributed by atoms with Crippen LogP contribution in [0, 0.1) is 17.8 Å². The van der Waals surface area contributed by atoms with Gasteiger partial charge in [-0.15, -0.1) is 0 Å². The largest absolute Gasteiger partial charge is 0.493 e. The Labute approximate surface area is 169 Å². The fraction of sp³-hybridized carbons (Fsp3) is 0.542. The topological polar surface area (TPSA) is 47.6 Å². The van der Waals surface area contributed by atoms with Crippen LogP contribution in [0.1, 0.15) is 44.1 Å². The molecule has 1 aromatic rings. The molecule has 0 heterocycles. The number of amides is 1. The summed E-state index contributed by atoms with van der Waals surface area (Å²) in [6.07, 6.45) is 16.7. The maximum Gasteiger partial charge on any atom is 0.223 e. The SMILES string of the molecule is COc1ccc(CCNC(=O)C2[C@@H]3CC/C=C\CC/C=C/CC[C@@H]23)cc1OC. The van der Waals surface area contributed by atoms with E-state index < -0.39 is 0 Å². The van der Waals surface area contributed by atoms with Crippen LogP contribution >= 0.6 is 0 Å². The van der Waals surface area contributed by atoms with Gasteiger partial charge in [-0.05, 0) is 74.5 Å². The van der Waals surface area contributed by atoms with Crippen molar-refractivity contribution < 1.29 is 14.3 Å². The average molecular weight is 384 g/mol. The predicted molar refractivity (Wildman–Crippen MR) is 113 cm³/mol. The van der Waals surface area contributed by atoms with Crippen molar-refractivity contribution in [3.63, 3.8) is 0 Å². The fourth-order valence-electron chi connectivity index (χ4n) is 4.35. The Kier molecular flexibility index (Phi) is 7.58. The number of nitrogens with one attached hydrogen (secondary N) is 1. The van der Waals surface area contributed by atoms with Crippen LogP contribution in [0.15, 0.2) is 42.5 Å². The predicted octanol–water partition coefficient (Wildman–Crippen LogP) is 4.69.